The van der Waals surface area contributed by atoms with Crippen LogP contribution in [-0.2, 0) is 11.2 Å². The van der Waals surface area contributed by atoms with Crippen LogP contribution in [0.15, 0.2) is 36.5 Å². The van der Waals surface area contributed by atoms with E-state index in [4.69, 9.17) is 4.74 Å². The fourth-order valence-corrected chi connectivity index (χ4v) is 2.08. The molecule has 2 aromatic rings. The number of hydrogen-bond donors (Lipinski definition) is 1. The molecule has 0 aliphatic carbocycles. The summed E-state index contributed by atoms with van der Waals surface area (Å²) in [6, 6.07) is 10.4. The third-order valence-electron chi connectivity index (χ3n) is 3.02. The molecule has 0 aliphatic rings. The van der Waals surface area contributed by atoms with Gasteiger partial charge in [0.15, 0.2) is 0 Å². The predicted octanol–water partition coefficient (Wildman–Crippen LogP) is 2.79. The van der Waals surface area contributed by atoms with E-state index in [1.165, 1.54) is 10.9 Å². The van der Waals surface area contributed by atoms with E-state index in [0.29, 0.717) is 6.10 Å². The molecular weight excluding hydrogens is 236 g/mol. The highest BCUT2D eigenvalue weighted by Crippen LogP contribution is 2.15. The van der Waals surface area contributed by atoms with Crippen molar-refractivity contribution < 1.29 is 4.74 Å². The number of hydrogen-bond acceptors (Lipinski definition) is 3. The van der Waals surface area contributed by atoms with E-state index in [9.17, 15) is 0 Å². The minimum absolute atomic E-state index is 0.309. The van der Waals surface area contributed by atoms with Gasteiger partial charge >= 0.3 is 0 Å². The zero-order valence-electron chi connectivity index (χ0n) is 11.7. The molecule has 0 saturated carbocycles. The molecule has 2 rings (SSSR count). The second kappa shape index (κ2) is 7.22. The van der Waals surface area contributed by atoms with Gasteiger partial charge in [-0.05, 0) is 38.4 Å². The molecule has 0 fully saturated rings. The van der Waals surface area contributed by atoms with Crippen molar-refractivity contribution in [2.75, 3.05) is 19.7 Å². The Labute approximate surface area is 115 Å². The third kappa shape index (κ3) is 4.30. The van der Waals surface area contributed by atoms with Crippen molar-refractivity contribution in [3.05, 3.63) is 42.1 Å². The average Bonchev–Trinajstić information content (AvgIpc) is 2.42. The largest absolute Gasteiger partial charge is 0.377 e. The number of nitrogens with zero attached hydrogens (tertiary/aromatic N) is 1. The van der Waals surface area contributed by atoms with Gasteiger partial charge in [0.2, 0.25) is 0 Å². The summed E-state index contributed by atoms with van der Waals surface area (Å²) >= 11 is 0. The first-order valence-electron chi connectivity index (χ1n) is 6.92. The van der Waals surface area contributed by atoms with E-state index < -0.39 is 0 Å². The van der Waals surface area contributed by atoms with Crippen LogP contribution in [0.2, 0.25) is 0 Å². The summed E-state index contributed by atoms with van der Waals surface area (Å²) < 4.78 is 5.49. The zero-order valence-corrected chi connectivity index (χ0v) is 11.7. The van der Waals surface area contributed by atoms with Crippen molar-refractivity contribution in [3.8, 4) is 0 Å². The lowest BCUT2D eigenvalue weighted by molar-refractivity contribution is 0.0810. The van der Waals surface area contributed by atoms with E-state index in [1.54, 1.807) is 0 Å². The molecule has 0 bridgehead atoms. The topological polar surface area (TPSA) is 34.1 Å². The monoisotopic (exact) mass is 258 g/mol. The lowest BCUT2D eigenvalue weighted by atomic mass is 10.1. The zero-order chi connectivity index (χ0) is 13.5. The van der Waals surface area contributed by atoms with Crippen molar-refractivity contribution in [2.45, 2.75) is 26.4 Å². The van der Waals surface area contributed by atoms with E-state index in [-0.39, 0.29) is 0 Å². The van der Waals surface area contributed by atoms with Crippen LogP contribution in [0.5, 0.6) is 0 Å². The van der Waals surface area contributed by atoms with Gasteiger partial charge in [-0.3, -0.25) is 4.98 Å². The molecule has 3 heteroatoms. The second-order valence-electron chi connectivity index (χ2n) is 4.91. The molecule has 0 unspecified atom stereocenters. The quantitative estimate of drug-likeness (QED) is 0.775. The van der Waals surface area contributed by atoms with Crippen molar-refractivity contribution in [2.24, 2.45) is 0 Å². The number of aromatic nitrogens is 1. The summed E-state index contributed by atoms with van der Waals surface area (Å²) in [5, 5.41) is 4.61. The van der Waals surface area contributed by atoms with E-state index in [2.05, 4.69) is 48.4 Å². The molecule has 1 aromatic carbocycles. The van der Waals surface area contributed by atoms with Crippen molar-refractivity contribution in [1.29, 1.82) is 0 Å². The molecular formula is C16H22N2O. The van der Waals surface area contributed by atoms with Gasteiger partial charge in [0.05, 0.1) is 18.2 Å². The number of benzene rings is 1. The highest BCUT2D eigenvalue weighted by atomic mass is 16.5. The molecule has 0 atom stereocenters. The normalized spacial score (nSPS) is 11.3. The van der Waals surface area contributed by atoms with Crippen LogP contribution in [0.3, 0.4) is 0 Å². The van der Waals surface area contributed by atoms with Gasteiger partial charge in [0.1, 0.15) is 0 Å². The van der Waals surface area contributed by atoms with Crippen LogP contribution in [0.25, 0.3) is 10.9 Å². The number of para-hydroxylation sites is 1. The molecule has 0 aliphatic heterocycles. The fourth-order valence-electron chi connectivity index (χ4n) is 2.08. The SMILES string of the molecule is CC(C)OCCNCCc1cccc2cccnc12. The third-order valence-corrected chi connectivity index (χ3v) is 3.02. The molecule has 1 aromatic heterocycles. The maximum absolute atomic E-state index is 5.49. The fraction of sp³-hybridized carbons (Fsp3) is 0.438. The Morgan fingerprint density at radius 1 is 1.16 bits per heavy atom. The minimum Gasteiger partial charge on any atom is -0.377 e. The van der Waals surface area contributed by atoms with Crippen molar-refractivity contribution in [1.82, 2.24) is 10.3 Å². The summed E-state index contributed by atoms with van der Waals surface area (Å²) in [4.78, 5) is 4.47. The molecule has 3 nitrogen and oxygen atoms in total. The molecule has 0 radical (unpaired) electrons. The molecule has 0 amide bonds. The lowest BCUT2D eigenvalue weighted by Crippen LogP contribution is -2.23. The molecule has 0 saturated heterocycles. The lowest BCUT2D eigenvalue weighted by Gasteiger charge is -2.09. The van der Waals surface area contributed by atoms with Crippen LogP contribution in [0, 0.1) is 0 Å². The van der Waals surface area contributed by atoms with Gasteiger partial charge in [-0.2, -0.15) is 0 Å². The van der Waals surface area contributed by atoms with Crippen molar-refractivity contribution in [3.63, 3.8) is 0 Å². The molecule has 1 N–H and O–H groups in total. The number of nitrogens with one attached hydrogen (secondary N) is 1. The number of rotatable bonds is 7. The van der Waals surface area contributed by atoms with Crippen LogP contribution in [-0.4, -0.2) is 30.8 Å². The summed E-state index contributed by atoms with van der Waals surface area (Å²) in [5.41, 5.74) is 2.42. The number of pyridine rings is 1. The smallest absolute Gasteiger partial charge is 0.0734 e. The summed E-state index contributed by atoms with van der Waals surface area (Å²) in [7, 11) is 0. The minimum atomic E-state index is 0.309. The molecule has 102 valence electrons. The Balaban J connectivity index is 1.82. The van der Waals surface area contributed by atoms with Crippen LogP contribution >= 0.6 is 0 Å². The average molecular weight is 258 g/mol. The second-order valence-corrected chi connectivity index (χ2v) is 4.91. The van der Waals surface area contributed by atoms with E-state index in [1.807, 2.05) is 12.3 Å². The van der Waals surface area contributed by atoms with E-state index in [0.717, 1.165) is 31.6 Å². The Morgan fingerprint density at radius 2 is 2.00 bits per heavy atom. The van der Waals surface area contributed by atoms with Crippen molar-refractivity contribution >= 4 is 10.9 Å². The first-order chi connectivity index (χ1) is 9.27. The maximum Gasteiger partial charge on any atom is 0.0734 e. The van der Waals surface area contributed by atoms with Gasteiger partial charge < -0.3 is 10.1 Å². The Bertz CT molecular complexity index is 506. The Morgan fingerprint density at radius 3 is 2.84 bits per heavy atom. The standard InChI is InChI=1S/C16H22N2O/c1-13(2)19-12-11-17-10-8-15-6-3-5-14-7-4-9-18-16(14)15/h3-7,9,13,17H,8,10-12H2,1-2H3. The number of fused-ring (bicyclic) bond motifs is 1. The predicted molar refractivity (Wildman–Crippen MR) is 79.4 cm³/mol. The first-order valence-corrected chi connectivity index (χ1v) is 6.92. The first kappa shape index (κ1) is 14.0. The Hall–Kier alpha value is -1.45. The Kier molecular flexibility index (Phi) is 5.31. The van der Waals surface area contributed by atoms with Crippen LogP contribution in [0.4, 0.5) is 0 Å². The molecule has 19 heavy (non-hydrogen) atoms. The van der Waals surface area contributed by atoms with Crippen LogP contribution < -0.4 is 5.32 Å². The highest BCUT2D eigenvalue weighted by Gasteiger charge is 2.01. The van der Waals surface area contributed by atoms with Gasteiger partial charge in [-0.25, -0.2) is 0 Å². The van der Waals surface area contributed by atoms with E-state index >= 15 is 0 Å². The summed E-state index contributed by atoms with van der Waals surface area (Å²) in [5.74, 6) is 0. The highest BCUT2D eigenvalue weighted by molar-refractivity contribution is 5.81. The molecule has 1 heterocycles. The van der Waals surface area contributed by atoms with Gasteiger partial charge in [0.25, 0.3) is 0 Å². The maximum atomic E-state index is 5.49. The summed E-state index contributed by atoms with van der Waals surface area (Å²) in [6.07, 6.45) is 3.16. The van der Waals surface area contributed by atoms with Crippen LogP contribution in [0.1, 0.15) is 19.4 Å². The van der Waals surface area contributed by atoms with Gasteiger partial charge in [-0.1, -0.05) is 24.3 Å². The van der Waals surface area contributed by atoms with Gasteiger partial charge in [0, 0.05) is 18.1 Å². The number of ether oxygens (including phenoxy) is 1. The summed E-state index contributed by atoms with van der Waals surface area (Å²) in [6.45, 7) is 6.74. The van der Waals surface area contributed by atoms with Gasteiger partial charge in [-0.15, -0.1) is 0 Å². The molecule has 0 spiro atoms.